The van der Waals surface area contributed by atoms with Gasteiger partial charge < -0.3 is 9.47 Å². The van der Waals surface area contributed by atoms with Gasteiger partial charge in [-0.05, 0) is 18.6 Å². The SMILES string of the molecule is O=C1CCCN1CCn1ccc2cnccc21. The van der Waals surface area contributed by atoms with Gasteiger partial charge >= 0.3 is 0 Å². The van der Waals surface area contributed by atoms with Crippen molar-refractivity contribution in [3.63, 3.8) is 0 Å². The lowest BCUT2D eigenvalue weighted by molar-refractivity contribution is -0.127. The van der Waals surface area contributed by atoms with Gasteiger partial charge in [0.15, 0.2) is 0 Å². The Balaban J connectivity index is 1.74. The molecule has 4 nitrogen and oxygen atoms in total. The molecule has 2 aromatic rings. The minimum atomic E-state index is 0.295. The Kier molecular flexibility index (Phi) is 2.55. The first-order valence-corrected chi connectivity index (χ1v) is 6.01. The molecule has 3 heterocycles. The monoisotopic (exact) mass is 229 g/mol. The molecular weight excluding hydrogens is 214 g/mol. The number of nitrogens with zero attached hydrogens (tertiary/aromatic N) is 3. The molecule has 0 atom stereocenters. The zero-order valence-electron chi connectivity index (χ0n) is 9.67. The zero-order chi connectivity index (χ0) is 11.7. The normalized spacial score (nSPS) is 16.0. The van der Waals surface area contributed by atoms with Crippen LogP contribution in [0.2, 0.25) is 0 Å². The minimum absolute atomic E-state index is 0.295. The van der Waals surface area contributed by atoms with Crippen LogP contribution in [0.1, 0.15) is 12.8 Å². The Morgan fingerprint density at radius 2 is 2.24 bits per heavy atom. The number of hydrogen-bond acceptors (Lipinski definition) is 2. The fourth-order valence-corrected chi connectivity index (χ4v) is 2.40. The third-order valence-corrected chi connectivity index (χ3v) is 3.35. The topological polar surface area (TPSA) is 38.1 Å². The maximum atomic E-state index is 11.5. The molecule has 1 aliphatic heterocycles. The molecule has 0 radical (unpaired) electrons. The molecule has 0 aliphatic carbocycles. The summed E-state index contributed by atoms with van der Waals surface area (Å²) in [5.74, 6) is 0.295. The van der Waals surface area contributed by atoms with Crippen molar-refractivity contribution in [3.05, 3.63) is 30.7 Å². The van der Waals surface area contributed by atoms with Crippen molar-refractivity contribution in [1.29, 1.82) is 0 Å². The number of hydrogen-bond donors (Lipinski definition) is 0. The van der Waals surface area contributed by atoms with Crippen LogP contribution in [0.3, 0.4) is 0 Å². The number of rotatable bonds is 3. The Bertz CT molecular complexity index is 546. The lowest BCUT2D eigenvalue weighted by atomic mass is 10.3. The number of aromatic nitrogens is 2. The van der Waals surface area contributed by atoms with E-state index in [4.69, 9.17) is 0 Å². The summed E-state index contributed by atoms with van der Waals surface area (Å²) in [6, 6.07) is 4.08. The Morgan fingerprint density at radius 1 is 1.29 bits per heavy atom. The molecule has 2 aromatic heterocycles. The van der Waals surface area contributed by atoms with E-state index in [2.05, 4.69) is 21.8 Å². The van der Waals surface area contributed by atoms with E-state index in [1.807, 2.05) is 17.2 Å². The van der Waals surface area contributed by atoms with Crippen LogP contribution < -0.4 is 0 Å². The van der Waals surface area contributed by atoms with E-state index in [1.165, 1.54) is 5.52 Å². The zero-order valence-corrected chi connectivity index (χ0v) is 9.67. The van der Waals surface area contributed by atoms with Crippen LogP contribution in [0.5, 0.6) is 0 Å². The van der Waals surface area contributed by atoms with Crippen molar-refractivity contribution in [2.24, 2.45) is 0 Å². The number of amides is 1. The lowest BCUT2D eigenvalue weighted by Crippen LogP contribution is -2.28. The molecule has 0 aromatic carbocycles. The highest BCUT2D eigenvalue weighted by molar-refractivity contribution is 5.79. The summed E-state index contributed by atoms with van der Waals surface area (Å²) in [4.78, 5) is 17.6. The summed E-state index contributed by atoms with van der Waals surface area (Å²) < 4.78 is 2.18. The van der Waals surface area contributed by atoms with E-state index in [-0.39, 0.29) is 0 Å². The van der Waals surface area contributed by atoms with Crippen LogP contribution in [0.4, 0.5) is 0 Å². The van der Waals surface area contributed by atoms with Gasteiger partial charge in [0.2, 0.25) is 5.91 Å². The van der Waals surface area contributed by atoms with Crippen molar-refractivity contribution < 1.29 is 4.79 Å². The van der Waals surface area contributed by atoms with Gasteiger partial charge in [-0.3, -0.25) is 9.78 Å². The molecule has 4 heteroatoms. The van der Waals surface area contributed by atoms with Crippen LogP contribution in [0.15, 0.2) is 30.7 Å². The average molecular weight is 229 g/mol. The van der Waals surface area contributed by atoms with Crippen molar-refractivity contribution in [1.82, 2.24) is 14.5 Å². The molecule has 3 rings (SSSR count). The second-order valence-electron chi connectivity index (χ2n) is 4.43. The summed E-state index contributed by atoms with van der Waals surface area (Å²) in [5, 5.41) is 1.15. The summed E-state index contributed by atoms with van der Waals surface area (Å²) in [6.45, 7) is 2.59. The van der Waals surface area contributed by atoms with Crippen LogP contribution in [-0.2, 0) is 11.3 Å². The van der Waals surface area contributed by atoms with Gasteiger partial charge in [0.1, 0.15) is 0 Å². The molecule has 0 bridgehead atoms. The van der Waals surface area contributed by atoms with Crippen LogP contribution in [0.25, 0.3) is 10.9 Å². The largest absolute Gasteiger partial charge is 0.346 e. The summed E-state index contributed by atoms with van der Waals surface area (Å²) in [6.07, 6.45) is 7.46. The van der Waals surface area contributed by atoms with Crippen LogP contribution in [-0.4, -0.2) is 33.4 Å². The fourth-order valence-electron chi connectivity index (χ4n) is 2.40. The molecule has 1 saturated heterocycles. The second-order valence-corrected chi connectivity index (χ2v) is 4.43. The number of carbonyl (C=O) groups excluding carboxylic acids is 1. The van der Waals surface area contributed by atoms with E-state index < -0.39 is 0 Å². The standard InChI is InChI=1S/C13H15N3O/c17-13-2-1-6-16(13)9-8-15-7-4-11-10-14-5-3-12(11)15/h3-5,7,10H,1-2,6,8-9H2. The minimum Gasteiger partial charge on any atom is -0.346 e. The molecule has 0 unspecified atom stereocenters. The highest BCUT2D eigenvalue weighted by Gasteiger charge is 2.19. The molecular formula is C13H15N3O. The van der Waals surface area contributed by atoms with Crippen molar-refractivity contribution in [2.45, 2.75) is 19.4 Å². The van der Waals surface area contributed by atoms with E-state index in [0.29, 0.717) is 5.91 Å². The predicted octanol–water partition coefficient (Wildman–Crippen LogP) is 1.66. The van der Waals surface area contributed by atoms with Gasteiger partial charge in [0, 0.05) is 50.0 Å². The second kappa shape index (κ2) is 4.20. The lowest BCUT2D eigenvalue weighted by Gasteiger charge is -2.16. The van der Waals surface area contributed by atoms with Gasteiger partial charge in [0.25, 0.3) is 0 Å². The number of carbonyl (C=O) groups is 1. The van der Waals surface area contributed by atoms with E-state index in [0.717, 1.165) is 37.9 Å². The van der Waals surface area contributed by atoms with E-state index >= 15 is 0 Å². The van der Waals surface area contributed by atoms with Gasteiger partial charge in [-0.15, -0.1) is 0 Å². The molecule has 0 spiro atoms. The molecule has 0 saturated carbocycles. The van der Waals surface area contributed by atoms with E-state index in [9.17, 15) is 4.79 Å². The first kappa shape index (κ1) is 10.3. The first-order chi connectivity index (χ1) is 8.34. The third kappa shape index (κ3) is 1.90. The predicted molar refractivity (Wildman–Crippen MR) is 65.5 cm³/mol. The maximum Gasteiger partial charge on any atom is 0.222 e. The van der Waals surface area contributed by atoms with Gasteiger partial charge in [-0.25, -0.2) is 0 Å². The number of likely N-dealkylation sites (tertiary alicyclic amines) is 1. The molecule has 1 fully saturated rings. The average Bonchev–Trinajstić information content (AvgIpc) is 2.93. The van der Waals surface area contributed by atoms with Gasteiger partial charge in [-0.1, -0.05) is 0 Å². The molecule has 1 aliphatic rings. The molecule has 0 N–H and O–H groups in total. The Hall–Kier alpha value is -1.84. The quantitative estimate of drug-likeness (QED) is 0.802. The first-order valence-electron chi connectivity index (χ1n) is 6.01. The Morgan fingerprint density at radius 3 is 3.06 bits per heavy atom. The highest BCUT2D eigenvalue weighted by atomic mass is 16.2. The smallest absolute Gasteiger partial charge is 0.222 e. The molecule has 1 amide bonds. The van der Waals surface area contributed by atoms with Crippen molar-refractivity contribution in [2.75, 3.05) is 13.1 Å². The fraction of sp³-hybridized carbons (Fsp3) is 0.385. The summed E-state index contributed by atoms with van der Waals surface area (Å²) in [5.41, 5.74) is 1.19. The summed E-state index contributed by atoms with van der Waals surface area (Å²) >= 11 is 0. The molecule has 17 heavy (non-hydrogen) atoms. The third-order valence-electron chi connectivity index (χ3n) is 3.35. The number of pyridine rings is 1. The highest BCUT2D eigenvalue weighted by Crippen LogP contribution is 2.15. The van der Waals surface area contributed by atoms with E-state index in [1.54, 1.807) is 6.20 Å². The van der Waals surface area contributed by atoms with Gasteiger partial charge in [0.05, 0.1) is 5.52 Å². The summed E-state index contributed by atoms with van der Waals surface area (Å²) in [7, 11) is 0. The van der Waals surface area contributed by atoms with Crippen molar-refractivity contribution >= 4 is 16.8 Å². The maximum absolute atomic E-state index is 11.5. The van der Waals surface area contributed by atoms with Crippen LogP contribution >= 0.6 is 0 Å². The van der Waals surface area contributed by atoms with Crippen LogP contribution in [0, 0.1) is 0 Å². The van der Waals surface area contributed by atoms with Gasteiger partial charge in [-0.2, -0.15) is 0 Å². The Labute approximate surface area is 99.9 Å². The molecule has 88 valence electrons. The van der Waals surface area contributed by atoms with Crippen molar-refractivity contribution in [3.8, 4) is 0 Å². The number of fused-ring (bicyclic) bond motifs is 1.